The Morgan fingerprint density at radius 3 is 2.62 bits per heavy atom. The van der Waals surface area contributed by atoms with Crippen molar-refractivity contribution in [2.75, 3.05) is 39.8 Å². The van der Waals surface area contributed by atoms with Gasteiger partial charge in [0.2, 0.25) is 0 Å². The van der Waals surface area contributed by atoms with Crippen LogP contribution in [0.2, 0.25) is 0 Å². The van der Waals surface area contributed by atoms with Crippen molar-refractivity contribution in [1.82, 2.24) is 15.1 Å². The van der Waals surface area contributed by atoms with E-state index in [9.17, 15) is 0 Å². The molecule has 0 aromatic rings. The number of rotatable bonds is 6. The summed E-state index contributed by atoms with van der Waals surface area (Å²) in [5, 5.41) is 3.84. The number of hydrogen-bond donors (Lipinski definition) is 1. The maximum Gasteiger partial charge on any atom is 0.0195 e. The van der Waals surface area contributed by atoms with E-state index in [-0.39, 0.29) is 0 Å². The molecule has 4 atom stereocenters. The van der Waals surface area contributed by atoms with Crippen molar-refractivity contribution in [1.29, 1.82) is 0 Å². The number of piperazine rings is 1. The van der Waals surface area contributed by atoms with E-state index in [1.165, 1.54) is 64.8 Å². The molecule has 21 heavy (non-hydrogen) atoms. The molecular formula is C18H37N3. The summed E-state index contributed by atoms with van der Waals surface area (Å²) in [4.78, 5) is 5.23. The highest BCUT2D eigenvalue weighted by atomic mass is 15.3. The van der Waals surface area contributed by atoms with Gasteiger partial charge in [0.1, 0.15) is 0 Å². The molecule has 0 bridgehead atoms. The van der Waals surface area contributed by atoms with Gasteiger partial charge < -0.3 is 10.2 Å². The minimum Gasteiger partial charge on any atom is -0.314 e. The topological polar surface area (TPSA) is 18.5 Å². The second-order valence-electron chi connectivity index (χ2n) is 7.51. The summed E-state index contributed by atoms with van der Waals surface area (Å²) < 4.78 is 0. The lowest BCUT2D eigenvalue weighted by atomic mass is 9.76. The van der Waals surface area contributed by atoms with E-state index in [0.717, 1.165) is 23.9 Å². The monoisotopic (exact) mass is 295 g/mol. The van der Waals surface area contributed by atoms with E-state index in [4.69, 9.17) is 0 Å². The Balaban J connectivity index is 1.91. The first-order valence-corrected chi connectivity index (χ1v) is 9.30. The van der Waals surface area contributed by atoms with Gasteiger partial charge in [-0.15, -0.1) is 0 Å². The van der Waals surface area contributed by atoms with Crippen LogP contribution in [0.1, 0.15) is 52.9 Å². The van der Waals surface area contributed by atoms with Crippen LogP contribution in [0, 0.1) is 11.8 Å². The Bertz CT molecular complexity index is 294. The third-order valence-corrected chi connectivity index (χ3v) is 5.76. The molecule has 2 rings (SSSR count). The third-order valence-electron chi connectivity index (χ3n) is 5.76. The molecule has 124 valence electrons. The minimum atomic E-state index is 0.720. The summed E-state index contributed by atoms with van der Waals surface area (Å²) in [5.41, 5.74) is 0. The third kappa shape index (κ3) is 4.94. The molecule has 0 aromatic carbocycles. The first kappa shape index (κ1) is 17.2. The summed E-state index contributed by atoms with van der Waals surface area (Å²) in [6, 6.07) is 1.48. The first-order chi connectivity index (χ1) is 10.1. The molecule has 0 aromatic heterocycles. The average Bonchev–Trinajstić information content (AvgIpc) is 2.48. The van der Waals surface area contributed by atoms with Crippen LogP contribution >= 0.6 is 0 Å². The molecule has 1 aliphatic carbocycles. The molecule has 3 heteroatoms. The minimum absolute atomic E-state index is 0.720. The Morgan fingerprint density at radius 1 is 1.14 bits per heavy atom. The van der Waals surface area contributed by atoms with E-state index < -0.39 is 0 Å². The highest BCUT2D eigenvalue weighted by Gasteiger charge is 2.32. The lowest BCUT2D eigenvalue weighted by molar-refractivity contribution is 0.0611. The van der Waals surface area contributed by atoms with Crippen LogP contribution in [-0.4, -0.2) is 61.7 Å². The molecule has 1 heterocycles. The van der Waals surface area contributed by atoms with Crippen LogP contribution in [0.5, 0.6) is 0 Å². The fourth-order valence-electron chi connectivity index (χ4n) is 4.28. The van der Waals surface area contributed by atoms with Gasteiger partial charge in [-0.3, -0.25) is 4.90 Å². The van der Waals surface area contributed by atoms with Crippen molar-refractivity contribution in [3.05, 3.63) is 0 Å². The van der Waals surface area contributed by atoms with E-state index in [0.29, 0.717) is 0 Å². The van der Waals surface area contributed by atoms with Crippen LogP contribution < -0.4 is 5.32 Å². The molecule has 0 radical (unpaired) electrons. The van der Waals surface area contributed by atoms with Crippen LogP contribution in [0.4, 0.5) is 0 Å². The Hall–Kier alpha value is -0.120. The molecule has 4 unspecified atom stereocenters. The number of nitrogens with zero attached hydrogens (tertiary/aromatic N) is 2. The fraction of sp³-hybridized carbons (Fsp3) is 1.00. The molecule has 1 saturated heterocycles. The largest absolute Gasteiger partial charge is 0.314 e. The van der Waals surface area contributed by atoms with Crippen LogP contribution in [0.3, 0.4) is 0 Å². The van der Waals surface area contributed by atoms with Gasteiger partial charge in [-0.2, -0.15) is 0 Å². The van der Waals surface area contributed by atoms with Crippen molar-refractivity contribution in [2.45, 2.75) is 65.0 Å². The number of likely N-dealkylation sites (N-methyl/N-ethyl adjacent to an activating group) is 1. The molecule has 0 amide bonds. The van der Waals surface area contributed by atoms with Crippen molar-refractivity contribution in [3.8, 4) is 0 Å². The maximum absolute atomic E-state index is 3.84. The Labute approximate surface area is 132 Å². The van der Waals surface area contributed by atoms with E-state index >= 15 is 0 Å². The quantitative estimate of drug-likeness (QED) is 0.813. The molecule has 1 saturated carbocycles. The summed E-state index contributed by atoms with van der Waals surface area (Å²) >= 11 is 0. The van der Waals surface area contributed by atoms with E-state index in [1.807, 2.05) is 0 Å². The van der Waals surface area contributed by atoms with E-state index in [1.54, 1.807) is 0 Å². The summed E-state index contributed by atoms with van der Waals surface area (Å²) in [6.07, 6.45) is 6.90. The second-order valence-corrected chi connectivity index (χ2v) is 7.51. The zero-order valence-corrected chi connectivity index (χ0v) is 14.8. The van der Waals surface area contributed by atoms with Crippen molar-refractivity contribution in [3.63, 3.8) is 0 Å². The number of hydrogen-bond acceptors (Lipinski definition) is 3. The standard InChI is InChI=1S/C18H37N3/c1-5-9-19-18-8-7-16(6-2)12-17(18)14-21-11-10-20(4)13-15(21)3/h15-19H,5-14H2,1-4H3. The van der Waals surface area contributed by atoms with Crippen LogP contribution in [0.15, 0.2) is 0 Å². The van der Waals surface area contributed by atoms with Crippen molar-refractivity contribution < 1.29 is 0 Å². The lowest BCUT2D eigenvalue weighted by Gasteiger charge is -2.44. The highest BCUT2D eigenvalue weighted by molar-refractivity contribution is 4.88. The average molecular weight is 296 g/mol. The van der Waals surface area contributed by atoms with Gasteiger partial charge >= 0.3 is 0 Å². The molecule has 0 spiro atoms. The molecule has 2 aliphatic rings. The zero-order chi connectivity index (χ0) is 15.2. The second kappa shape index (κ2) is 8.50. The van der Waals surface area contributed by atoms with E-state index in [2.05, 4.69) is 42.9 Å². The zero-order valence-electron chi connectivity index (χ0n) is 14.8. The van der Waals surface area contributed by atoms with Gasteiger partial charge in [0.15, 0.2) is 0 Å². The first-order valence-electron chi connectivity index (χ1n) is 9.30. The van der Waals surface area contributed by atoms with Gasteiger partial charge in [0.05, 0.1) is 0 Å². The SMILES string of the molecule is CCCNC1CCC(CC)CC1CN1CCN(C)CC1C. The highest BCUT2D eigenvalue weighted by Crippen LogP contribution is 2.32. The summed E-state index contributed by atoms with van der Waals surface area (Å²) in [5.74, 6) is 1.83. The van der Waals surface area contributed by atoms with Gasteiger partial charge in [-0.05, 0) is 58.0 Å². The summed E-state index contributed by atoms with van der Waals surface area (Å²) in [6.45, 7) is 13.3. The number of nitrogens with one attached hydrogen (secondary N) is 1. The normalized spacial score (nSPS) is 36.0. The Morgan fingerprint density at radius 2 is 1.95 bits per heavy atom. The molecule has 1 aliphatic heterocycles. The molecule has 1 N–H and O–H groups in total. The molecule has 2 fully saturated rings. The summed E-state index contributed by atoms with van der Waals surface area (Å²) in [7, 11) is 2.26. The predicted molar refractivity (Wildman–Crippen MR) is 91.7 cm³/mol. The smallest absolute Gasteiger partial charge is 0.0195 e. The predicted octanol–water partition coefficient (Wildman–Crippen LogP) is 2.82. The molecule has 3 nitrogen and oxygen atoms in total. The van der Waals surface area contributed by atoms with Gasteiger partial charge in [0, 0.05) is 38.3 Å². The fourth-order valence-corrected chi connectivity index (χ4v) is 4.28. The van der Waals surface area contributed by atoms with Gasteiger partial charge in [0.25, 0.3) is 0 Å². The van der Waals surface area contributed by atoms with Crippen molar-refractivity contribution >= 4 is 0 Å². The van der Waals surface area contributed by atoms with Crippen molar-refractivity contribution in [2.24, 2.45) is 11.8 Å². The van der Waals surface area contributed by atoms with Gasteiger partial charge in [-0.1, -0.05) is 20.3 Å². The maximum atomic E-state index is 3.84. The van der Waals surface area contributed by atoms with Crippen LogP contribution in [0.25, 0.3) is 0 Å². The molecular weight excluding hydrogens is 258 g/mol. The Kier molecular flexibility index (Phi) is 6.97. The lowest BCUT2D eigenvalue weighted by Crippen LogP contribution is -2.54. The van der Waals surface area contributed by atoms with Crippen LogP contribution in [-0.2, 0) is 0 Å². The van der Waals surface area contributed by atoms with Gasteiger partial charge in [-0.25, -0.2) is 0 Å².